The summed E-state index contributed by atoms with van der Waals surface area (Å²) >= 11 is 0. The van der Waals surface area contributed by atoms with E-state index in [9.17, 15) is 18.5 Å². The van der Waals surface area contributed by atoms with Crippen LogP contribution in [0.25, 0.3) is 0 Å². The topological polar surface area (TPSA) is 98.5 Å². The molecule has 3 rings (SSSR count). The summed E-state index contributed by atoms with van der Waals surface area (Å²) in [5.74, 6) is 0.647. The highest BCUT2D eigenvalue weighted by Gasteiger charge is 2.18. The number of nitrogens with one attached hydrogen (secondary N) is 1. The average molecular weight is 398 g/mol. The van der Waals surface area contributed by atoms with Crippen LogP contribution in [0.2, 0.25) is 0 Å². The van der Waals surface area contributed by atoms with Crippen LogP contribution in [0.5, 0.6) is 11.5 Å². The van der Waals surface area contributed by atoms with Crippen molar-refractivity contribution in [1.82, 2.24) is 0 Å². The molecule has 0 radical (unpaired) electrons. The Morgan fingerprint density at radius 1 is 0.893 bits per heavy atom. The highest BCUT2D eigenvalue weighted by atomic mass is 32.2. The zero-order chi connectivity index (χ0) is 20.3. The Balaban J connectivity index is 1.95. The molecule has 7 nitrogen and oxygen atoms in total. The maximum absolute atomic E-state index is 12.6. The quantitative estimate of drug-likeness (QED) is 0.475. The second-order valence-corrected chi connectivity index (χ2v) is 7.99. The number of rotatable bonds is 6. The molecule has 0 fully saturated rings. The Hall–Kier alpha value is -3.39. The van der Waals surface area contributed by atoms with Crippen molar-refractivity contribution in [2.75, 3.05) is 4.72 Å². The molecule has 3 aromatic rings. The van der Waals surface area contributed by atoms with Gasteiger partial charge in [0.2, 0.25) is 0 Å². The molecule has 0 unspecified atom stereocenters. The van der Waals surface area contributed by atoms with Gasteiger partial charge in [0.15, 0.2) is 0 Å². The van der Waals surface area contributed by atoms with Crippen molar-refractivity contribution in [3.05, 3.63) is 88.0 Å². The first-order valence-corrected chi connectivity index (χ1v) is 9.85. The maximum atomic E-state index is 12.6. The molecule has 144 valence electrons. The number of ether oxygens (including phenoxy) is 1. The lowest BCUT2D eigenvalue weighted by Gasteiger charge is -2.11. The summed E-state index contributed by atoms with van der Waals surface area (Å²) in [7, 11) is -3.90. The van der Waals surface area contributed by atoms with Crippen molar-refractivity contribution in [3.8, 4) is 11.5 Å². The van der Waals surface area contributed by atoms with Gasteiger partial charge in [0, 0.05) is 12.1 Å². The molecule has 0 aliphatic carbocycles. The van der Waals surface area contributed by atoms with Gasteiger partial charge < -0.3 is 4.74 Å². The van der Waals surface area contributed by atoms with Gasteiger partial charge in [0.05, 0.1) is 21.6 Å². The number of nitro groups is 1. The third kappa shape index (κ3) is 4.66. The molecular formula is C20H18N2O5S. The fourth-order valence-corrected chi connectivity index (χ4v) is 3.59. The molecular weight excluding hydrogens is 380 g/mol. The highest BCUT2D eigenvalue weighted by molar-refractivity contribution is 7.92. The molecule has 0 aromatic heterocycles. The van der Waals surface area contributed by atoms with Crippen molar-refractivity contribution in [1.29, 1.82) is 0 Å². The van der Waals surface area contributed by atoms with E-state index in [4.69, 9.17) is 4.74 Å². The number of nitro benzene ring substituents is 1. The highest BCUT2D eigenvalue weighted by Crippen LogP contribution is 2.31. The first kappa shape index (κ1) is 19.4. The van der Waals surface area contributed by atoms with Crippen LogP contribution < -0.4 is 9.46 Å². The van der Waals surface area contributed by atoms with Crippen LogP contribution in [0, 0.1) is 24.0 Å². The maximum Gasteiger partial charge on any atom is 0.275 e. The molecule has 0 bridgehead atoms. The third-order valence-corrected chi connectivity index (χ3v) is 5.31. The number of anilines is 1. The van der Waals surface area contributed by atoms with Gasteiger partial charge in [-0.05, 0) is 43.7 Å². The predicted molar refractivity (Wildman–Crippen MR) is 106 cm³/mol. The molecule has 28 heavy (non-hydrogen) atoms. The van der Waals surface area contributed by atoms with Gasteiger partial charge in [0.1, 0.15) is 11.5 Å². The van der Waals surface area contributed by atoms with Gasteiger partial charge in [-0.1, -0.05) is 29.8 Å². The minimum atomic E-state index is -3.90. The van der Waals surface area contributed by atoms with Crippen LogP contribution in [-0.4, -0.2) is 13.3 Å². The molecule has 0 aliphatic heterocycles. The van der Waals surface area contributed by atoms with Crippen molar-refractivity contribution in [3.63, 3.8) is 0 Å². The molecule has 0 saturated carbocycles. The first-order valence-electron chi connectivity index (χ1n) is 8.36. The molecule has 0 aliphatic rings. The third-order valence-electron chi connectivity index (χ3n) is 3.91. The second kappa shape index (κ2) is 7.69. The minimum absolute atomic E-state index is 0.0393. The van der Waals surface area contributed by atoms with Crippen molar-refractivity contribution < 1.29 is 18.1 Å². The van der Waals surface area contributed by atoms with Crippen molar-refractivity contribution >= 4 is 21.4 Å². The van der Waals surface area contributed by atoms with E-state index in [1.165, 1.54) is 24.3 Å². The van der Waals surface area contributed by atoms with E-state index >= 15 is 0 Å². The fraction of sp³-hybridized carbons (Fsp3) is 0.100. The van der Waals surface area contributed by atoms with Crippen LogP contribution in [0.15, 0.2) is 71.6 Å². The fourth-order valence-electron chi connectivity index (χ4n) is 2.55. The van der Waals surface area contributed by atoms with Crippen LogP contribution in [0.4, 0.5) is 11.4 Å². The Morgan fingerprint density at radius 2 is 1.61 bits per heavy atom. The van der Waals surface area contributed by atoms with E-state index in [-0.39, 0.29) is 22.0 Å². The first-order chi connectivity index (χ1) is 13.2. The SMILES string of the molecule is Cc1ccc(S(=O)(=O)Nc2cc(Oc3cccc(C)c3)cc([N+](=O)[O-])c2)cc1. The van der Waals surface area contributed by atoms with Crippen LogP contribution in [-0.2, 0) is 10.0 Å². The molecule has 0 spiro atoms. The zero-order valence-electron chi connectivity index (χ0n) is 15.2. The summed E-state index contributed by atoms with van der Waals surface area (Å²) in [5.41, 5.74) is 1.63. The normalized spacial score (nSPS) is 11.1. The van der Waals surface area contributed by atoms with Gasteiger partial charge in [-0.15, -0.1) is 0 Å². The van der Waals surface area contributed by atoms with Gasteiger partial charge in [-0.3, -0.25) is 14.8 Å². The summed E-state index contributed by atoms with van der Waals surface area (Å²) in [6.07, 6.45) is 0. The molecule has 0 atom stereocenters. The number of benzene rings is 3. The van der Waals surface area contributed by atoms with Gasteiger partial charge in [-0.2, -0.15) is 0 Å². The molecule has 0 saturated heterocycles. The minimum Gasteiger partial charge on any atom is -0.457 e. The van der Waals surface area contributed by atoms with E-state index in [1.54, 1.807) is 30.3 Å². The van der Waals surface area contributed by atoms with Crippen LogP contribution in [0.3, 0.4) is 0 Å². The van der Waals surface area contributed by atoms with Crippen LogP contribution in [0.1, 0.15) is 11.1 Å². The summed E-state index contributed by atoms with van der Waals surface area (Å²) in [5, 5.41) is 11.3. The number of aryl methyl sites for hydroxylation is 2. The van der Waals surface area contributed by atoms with Gasteiger partial charge in [0.25, 0.3) is 15.7 Å². The molecule has 1 N–H and O–H groups in total. The number of sulfonamides is 1. The lowest BCUT2D eigenvalue weighted by Crippen LogP contribution is -2.13. The van der Waals surface area contributed by atoms with E-state index in [2.05, 4.69) is 4.72 Å². The number of nitrogens with zero attached hydrogens (tertiary/aromatic N) is 1. The molecule has 8 heteroatoms. The Morgan fingerprint density at radius 3 is 2.25 bits per heavy atom. The second-order valence-electron chi connectivity index (χ2n) is 6.31. The van der Waals surface area contributed by atoms with Gasteiger partial charge in [-0.25, -0.2) is 8.42 Å². The van der Waals surface area contributed by atoms with E-state index in [0.29, 0.717) is 5.75 Å². The summed E-state index contributed by atoms with van der Waals surface area (Å²) in [6.45, 7) is 3.74. The zero-order valence-corrected chi connectivity index (χ0v) is 16.1. The summed E-state index contributed by atoms with van der Waals surface area (Å²) < 4.78 is 33.2. The lowest BCUT2D eigenvalue weighted by molar-refractivity contribution is -0.384. The summed E-state index contributed by atoms with van der Waals surface area (Å²) in [6, 6.07) is 17.3. The molecule has 3 aromatic carbocycles. The summed E-state index contributed by atoms with van der Waals surface area (Å²) in [4.78, 5) is 10.7. The van der Waals surface area contributed by atoms with E-state index in [0.717, 1.165) is 17.2 Å². The van der Waals surface area contributed by atoms with Crippen molar-refractivity contribution in [2.45, 2.75) is 18.7 Å². The Kier molecular flexibility index (Phi) is 5.32. The number of hydrogen-bond acceptors (Lipinski definition) is 5. The Labute approximate surface area is 162 Å². The smallest absolute Gasteiger partial charge is 0.275 e. The Bertz CT molecular complexity index is 1130. The number of hydrogen-bond donors (Lipinski definition) is 1. The van der Waals surface area contributed by atoms with Gasteiger partial charge >= 0.3 is 0 Å². The lowest BCUT2D eigenvalue weighted by atomic mass is 10.2. The van der Waals surface area contributed by atoms with Crippen LogP contribution >= 0.6 is 0 Å². The van der Waals surface area contributed by atoms with E-state index < -0.39 is 14.9 Å². The van der Waals surface area contributed by atoms with E-state index in [1.807, 2.05) is 19.9 Å². The number of non-ortho nitro benzene ring substituents is 1. The van der Waals surface area contributed by atoms with Crippen molar-refractivity contribution in [2.24, 2.45) is 0 Å². The standard InChI is InChI=1S/C20H18N2O5S/c1-14-6-8-20(9-7-14)28(25,26)21-16-11-17(22(23)24)13-19(12-16)27-18-5-3-4-15(2)10-18/h3-13,21H,1-2H3. The molecule has 0 amide bonds. The largest absolute Gasteiger partial charge is 0.457 e. The predicted octanol–water partition coefficient (Wildman–Crippen LogP) is 4.80. The molecule has 0 heterocycles. The average Bonchev–Trinajstić information content (AvgIpc) is 2.61. The monoisotopic (exact) mass is 398 g/mol.